The van der Waals surface area contributed by atoms with Crippen LogP contribution in [0.4, 0.5) is 17.1 Å². The topological polar surface area (TPSA) is 122 Å². The lowest BCUT2D eigenvalue weighted by molar-refractivity contribution is -0.114. The fourth-order valence-corrected chi connectivity index (χ4v) is 5.21. The van der Waals surface area contributed by atoms with E-state index in [1.54, 1.807) is 18.3 Å². The van der Waals surface area contributed by atoms with E-state index < -0.39 is 0 Å². The minimum Gasteiger partial charge on any atom is -0.375 e. The van der Waals surface area contributed by atoms with Crippen LogP contribution in [-0.4, -0.2) is 32.8 Å². The van der Waals surface area contributed by atoms with E-state index >= 15 is 0 Å². The van der Waals surface area contributed by atoms with Gasteiger partial charge in [-0.3, -0.25) is 15.2 Å². The summed E-state index contributed by atoms with van der Waals surface area (Å²) in [4.78, 5) is 20.6. The van der Waals surface area contributed by atoms with E-state index in [9.17, 15) is 4.79 Å². The van der Waals surface area contributed by atoms with Crippen LogP contribution in [0.2, 0.25) is 10.0 Å². The number of hydrogen-bond acceptors (Lipinski definition) is 6. The van der Waals surface area contributed by atoms with Crippen LogP contribution < -0.4 is 27.2 Å². The van der Waals surface area contributed by atoms with Gasteiger partial charge in [0.1, 0.15) is 0 Å². The fourth-order valence-electron chi connectivity index (χ4n) is 4.91. The van der Waals surface area contributed by atoms with Crippen molar-refractivity contribution in [3.63, 3.8) is 0 Å². The molecular weight excluding hydrogens is 675 g/mol. The van der Waals surface area contributed by atoms with E-state index in [-0.39, 0.29) is 17.1 Å². The third-order valence-electron chi connectivity index (χ3n) is 6.92. The number of fused-ring (bicyclic) bond motifs is 2. The van der Waals surface area contributed by atoms with Gasteiger partial charge in [-0.05, 0) is 117 Å². The largest absolute Gasteiger partial charge is 0.375 e. The Balaban J connectivity index is 0.000000247. The Hall–Kier alpha value is -5.29. The third kappa shape index (κ3) is 9.64. The molecule has 4 aromatic rings. The molecule has 0 bridgehead atoms. The van der Waals surface area contributed by atoms with Crippen LogP contribution in [0, 0.1) is 0 Å². The summed E-state index contributed by atoms with van der Waals surface area (Å²) in [5.74, 6) is -0.100. The highest BCUT2D eigenvalue weighted by molar-refractivity contribution is 7.80. The van der Waals surface area contributed by atoms with Crippen molar-refractivity contribution in [1.82, 2.24) is 15.0 Å². The number of benzene rings is 5. The van der Waals surface area contributed by atoms with Gasteiger partial charge < -0.3 is 20.9 Å². The van der Waals surface area contributed by atoms with E-state index in [2.05, 4.69) is 70.0 Å². The molecule has 0 saturated heterocycles. The second kappa shape index (κ2) is 16.2. The Labute approximate surface area is 299 Å². The Kier molecular flexibility index (Phi) is 11.6. The summed E-state index contributed by atoms with van der Waals surface area (Å²) in [6, 6.07) is 35.1. The molecule has 6 rings (SSSR count). The average molecular weight is 710 g/mol. The number of hydrazone groups is 1. The summed E-state index contributed by atoms with van der Waals surface area (Å²) in [5, 5.41) is 12.3. The monoisotopic (exact) mass is 708 g/mol. The average Bonchev–Trinajstić information content (AvgIpc) is 3.06. The fraction of sp³-hybridized carbons (Fsp3) is 0.108. The maximum absolute atomic E-state index is 10.8. The zero-order chi connectivity index (χ0) is 34.9. The molecule has 0 aromatic heterocycles. The molecule has 0 unspecified atom stereocenters. The van der Waals surface area contributed by atoms with Crippen molar-refractivity contribution in [2.75, 3.05) is 10.6 Å². The van der Waals surface area contributed by atoms with E-state index in [0.717, 1.165) is 56.1 Å². The zero-order valence-electron chi connectivity index (χ0n) is 27.0. The Morgan fingerprint density at radius 2 is 1.53 bits per heavy atom. The first kappa shape index (κ1) is 35.0. The Morgan fingerprint density at radius 1 is 0.898 bits per heavy atom. The number of nitrogens with one attached hydrogen (secondary N) is 3. The molecule has 0 spiro atoms. The summed E-state index contributed by atoms with van der Waals surface area (Å²) in [6.07, 6.45) is 1.58. The van der Waals surface area contributed by atoms with E-state index in [1.807, 2.05) is 78.9 Å². The van der Waals surface area contributed by atoms with Crippen molar-refractivity contribution in [2.24, 2.45) is 15.8 Å². The quantitative estimate of drug-likeness (QED) is 0.0573. The molecule has 1 heterocycles. The van der Waals surface area contributed by atoms with Crippen molar-refractivity contribution in [3.05, 3.63) is 130 Å². The summed E-state index contributed by atoms with van der Waals surface area (Å²) >= 11 is 16.8. The van der Waals surface area contributed by atoms with Gasteiger partial charge in [0.25, 0.3) is 0 Å². The molecule has 1 aliphatic carbocycles. The van der Waals surface area contributed by atoms with Gasteiger partial charge in [-0.2, -0.15) is 5.10 Å². The van der Waals surface area contributed by atoms with E-state index in [1.165, 1.54) is 6.92 Å². The molecule has 5 N–H and O–H groups in total. The molecule has 9 nitrogen and oxygen atoms in total. The van der Waals surface area contributed by atoms with Crippen LogP contribution in [0.15, 0.2) is 119 Å². The van der Waals surface area contributed by atoms with Gasteiger partial charge in [0.2, 0.25) is 5.91 Å². The lowest BCUT2D eigenvalue weighted by Crippen LogP contribution is -2.23. The number of hydrogen-bond donors (Lipinski definition) is 4. The number of carbonyl (C=O) groups is 1. The Bertz CT molecular complexity index is 2150. The first-order chi connectivity index (χ1) is 23.5. The van der Waals surface area contributed by atoms with Crippen molar-refractivity contribution in [2.45, 2.75) is 26.8 Å². The van der Waals surface area contributed by atoms with Gasteiger partial charge in [0.05, 0.1) is 39.7 Å². The van der Waals surface area contributed by atoms with Crippen LogP contribution in [-0.2, 0) is 4.79 Å². The molecule has 248 valence electrons. The number of para-hydroxylation sites is 2. The minimum absolute atomic E-state index is 0.100. The number of halogens is 2. The second-order valence-corrected chi connectivity index (χ2v) is 12.5. The molecule has 4 aromatic carbocycles. The molecule has 1 amide bonds. The highest BCUT2D eigenvalue weighted by Crippen LogP contribution is 2.31. The van der Waals surface area contributed by atoms with Gasteiger partial charge in [-0.25, -0.2) is 4.98 Å². The molecule has 49 heavy (non-hydrogen) atoms. The lowest BCUT2D eigenvalue weighted by atomic mass is 10.1. The van der Waals surface area contributed by atoms with Crippen LogP contribution in [0.3, 0.4) is 0 Å². The standard InChI is InChI=1S/C27H22Cl2N4.C10H12N4OS/c1-17(2)30-24-16-27-25(15-23(24)31-20-11-7-18(28)8-12-20)32-22-5-3-4-6-26(22)33(27)21-13-9-19(29)10-14-21;1-7(15)13-9-4-2-8(3-5-9)6-12-14-10(11)16/h3-17,31H,1-2H3;2-6H,1H3,(H,13,15)(H3,11,14,16)/b;12-6+. The number of thiocarbonyl (C=S) groups is 1. The molecule has 0 radical (unpaired) electrons. The van der Waals surface area contributed by atoms with Crippen molar-refractivity contribution >= 4 is 80.7 Å². The maximum atomic E-state index is 10.8. The van der Waals surface area contributed by atoms with Crippen LogP contribution in [0.1, 0.15) is 26.3 Å². The molecule has 0 atom stereocenters. The Morgan fingerprint density at radius 3 is 2.16 bits per heavy atom. The number of anilines is 3. The lowest BCUT2D eigenvalue weighted by Gasteiger charge is -2.20. The number of aromatic nitrogens is 2. The van der Waals surface area contributed by atoms with E-state index in [0.29, 0.717) is 10.0 Å². The number of nitrogens with zero attached hydrogens (tertiary/aromatic N) is 4. The predicted molar refractivity (Wildman–Crippen MR) is 206 cm³/mol. The number of carbonyl (C=O) groups excluding carboxylic acids is 1. The van der Waals surface area contributed by atoms with Crippen LogP contribution in [0.25, 0.3) is 28.1 Å². The molecular formula is C37H34Cl2N8OS. The molecule has 1 aliphatic heterocycles. The third-order valence-corrected chi connectivity index (χ3v) is 7.52. The predicted octanol–water partition coefficient (Wildman–Crippen LogP) is 8.30. The number of nitrogens with two attached hydrogens (primary N) is 1. The molecule has 12 heteroatoms. The first-order valence-corrected chi connectivity index (χ1v) is 16.5. The van der Waals surface area contributed by atoms with E-state index in [4.69, 9.17) is 38.9 Å². The minimum atomic E-state index is -0.100. The van der Waals surface area contributed by atoms with Crippen LogP contribution >= 0.6 is 35.4 Å². The van der Waals surface area contributed by atoms with Crippen molar-refractivity contribution < 1.29 is 4.79 Å². The van der Waals surface area contributed by atoms with Gasteiger partial charge >= 0.3 is 0 Å². The number of amides is 1. The second-order valence-electron chi connectivity index (χ2n) is 11.2. The molecule has 0 fully saturated rings. The summed E-state index contributed by atoms with van der Waals surface area (Å²) in [7, 11) is 0. The highest BCUT2D eigenvalue weighted by atomic mass is 35.5. The number of rotatable bonds is 7. The normalized spacial score (nSPS) is 11.4. The summed E-state index contributed by atoms with van der Waals surface area (Å²) in [5.41, 5.74) is 15.9. The van der Waals surface area contributed by atoms with Gasteiger partial charge in [-0.15, -0.1) is 0 Å². The van der Waals surface area contributed by atoms with Crippen LogP contribution in [0.5, 0.6) is 0 Å². The smallest absolute Gasteiger partial charge is 0.221 e. The SMILES string of the molecule is CC(=O)Nc1ccc(/C=N/NC(N)=S)cc1.CC(C)N=c1cc2n(-c3ccc(Cl)cc3)c3ccccc3nc-2cc1Nc1ccc(Cl)cc1. The van der Waals surface area contributed by atoms with Crippen molar-refractivity contribution in [1.29, 1.82) is 0 Å². The van der Waals surface area contributed by atoms with Gasteiger partial charge in [0, 0.05) is 40.1 Å². The first-order valence-electron chi connectivity index (χ1n) is 15.3. The van der Waals surface area contributed by atoms with Crippen molar-refractivity contribution in [3.8, 4) is 17.1 Å². The maximum Gasteiger partial charge on any atom is 0.221 e. The summed E-state index contributed by atoms with van der Waals surface area (Å²) < 4.78 is 2.21. The molecule has 0 saturated carbocycles. The summed E-state index contributed by atoms with van der Waals surface area (Å²) in [6.45, 7) is 5.60. The van der Waals surface area contributed by atoms with Gasteiger partial charge in [0.15, 0.2) is 5.11 Å². The zero-order valence-corrected chi connectivity index (χ0v) is 29.3. The molecule has 2 aliphatic rings. The van der Waals surface area contributed by atoms with Gasteiger partial charge in [-0.1, -0.05) is 47.5 Å². The highest BCUT2D eigenvalue weighted by Gasteiger charge is 2.17.